The van der Waals surface area contributed by atoms with Crippen molar-refractivity contribution in [2.45, 2.75) is 69.9 Å². The van der Waals surface area contributed by atoms with Crippen LogP contribution in [-0.2, 0) is 17.6 Å². The van der Waals surface area contributed by atoms with Gasteiger partial charge in [-0.1, -0.05) is 43.7 Å². The highest BCUT2D eigenvalue weighted by atomic mass is 16.5. The first-order valence-electron chi connectivity index (χ1n) is 12.0. The SMILES string of the molecule is CCc1c/c(=N/NC(=O)[C@@H](N)c2ccccc2)oc2cc3c(cc12)CCC1(CCCCC1)O3. The van der Waals surface area contributed by atoms with Crippen LogP contribution < -0.4 is 21.5 Å². The fourth-order valence-electron chi connectivity index (χ4n) is 5.13. The first-order chi connectivity index (χ1) is 16.1. The predicted octanol–water partition coefficient (Wildman–Crippen LogP) is 4.66. The number of hydrogen-bond acceptors (Lipinski definition) is 5. The first kappa shape index (κ1) is 21.7. The molecule has 1 fully saturated rings. The van der Waals surface area contributed by atoms with Gasteiger partial charge in [0.25, 0.3) is 5.91 Å². The van der Waals surface area contributed by atoms with E-state index in [2.05, 4.69) is 23.5 Å². The highest BCUT2D eigenvalue weighted by Gasteiger charge is 2.37. The number of ether oxygens (including phenoxy) is 1. The van der Waals surface area contributed by atoms with Crippen LogP contribution in [0.1, 0.15) is 68.2 Å². The summed E-state index contributed by atoms with van der Waals surface area (Å²) < 4.78 is 12.7. The maximum Gasteiger partial charge on any atom is 0.261 e. The van der Waals surface area contributed by atoms with Crippen molar-refractivity contribution in [2.75, 3.05) is 0 Å². The average Bonchev–Trinajstić information content (AvgIpc) is 2.86. The molecular formula is C27H31N3O3. The Labute approximate surface area is 193 Å². The molecule has 1 atom stereocenters. The van der Waals surface area contributed by atoms with E-state index in [1.54, 1.807) is 0 Å². The molecule has 1 aliphatic carbocycles. The third-order valence-corrected chi connectivity index (χ3v) is 7.06. The maximum atomic E-state index is 12.5. The number of hydrogen-bond donors (Lipinski definition) is 2. The number of aryl methyl sites for hydroxylation is 2. The predicted molar refractivity (Wildman–Crippen MR) is 127 cm³/mol. The minimum Gasteiger partial charge on any atom is -0.487 e. The Kier molecular flexibility index (Phi) is 5.94. The van der Waals surface area contributed by atoms with Crippen molar-refractivity contribution in [3.63, 3.8) is 0 Å². The van der Waals surface area contributed by atoms with E-state index < -0.39 is 6.04 Å². The number of nitrogens with zero attached hydrogens (tertiary/aromatic N) is 1. The van der Waals surface area contributed by atoms with E-state index in [0.29, 0.717) is 5.55 Å². The normalized spacial score (nSPS) is 18.5. The fourth-order valence-corrected chi connectivity index (χ4v) is 5.13. The second kappa shape index (κ2) is 9.02. The zero-order valence-electron chi connectivity index (χ0n) is 19.1. The molecule has 5 rings (SSSR count). The monoisotopic (exact) mass is 445 g/mol. The lowest BCUT2D eigenvalue weighted by Gasteiger charge is -2.41. The Hall–Kier alpha value is -3.12. The van der Waals surface area contributed by atoms with Gasteiger partial charge in [-0.2, -0.15) is 0 Å². The van der Waals surface area contributed by atoms with Gasteiger partial charge in [0.1, 0.15) is 23.0 Å². The molecule has 1 aromatic heterocycles. The van der Waals surface area contributed by atoms with Crippen LogP contribution in [0.4, 0.5) is 0 Å². The van der Waals surface area contributed by atoms with Crippen molar-refractivity contribution < 1.29 is 13.9 Å². The van der Waals surface area contributed by atoms with Gasteiger partial charge in [-0.05, 0) is 67.7 Å². The minimum absolute atomic E-state index is 0.0178. The fraction of sp³-hybridized carbons (Fsp3) is 0.407. The molecule has 1 saturated carbocycles. The van der Waals surface area contributed by atoms with Gasteiger partial charge in [-0.15, -0.1) is 5.10 Å². The van der Waals surface area contributed by atoms with Gasteiger partial charge in [0, 0.05) is 17.5 Å². The van der Waals surface area contributed by atoms with Crippen molar-refractivity contribution >= 4 is 16.9 Å². The summed E-state index contributed by atoms with van der Waals surface area (Å²) in [5.41, 5.74) is 12.8. The molecule has 0 bridgehead atoms. The number of benzene rings is 2. The summed E-state index contributed by atoms with van der Waals surface area (Å²) in [5, 5.41) is 5.29. The molecule has 2 aliphatic rings. The van der Waals surface area contributed by atoms with Crippen LogP contribution in [0.3, 0.4) is 0 Å². The van der Waals surface area contributed by atoms with Gasteiger partial charge in [0.15, 0.2) is 0 Å². The van der Waals surface area contributed by atoms with E-state index in [9.17, 15) is 4.79 Å². The van der Waals surface area contributed by atoms with Gasteiger partial charge in [0.05, 0.1) is 0 Å². The Morgan fingerprint density at radius 1 is 1.12 bits per heavy atom. The summed E-state index contributed by atoms with van der Waals surface area (Å²) in [4.78, 5) is 12.5. The molecule has 0 unspecified atom stereocenters. The number of carbonyl (C=O) groups is 1. The highest BCUT2D eigenvalue weighted by molar-refractivity contribution is 5.83. The standard InChI is InChI=1S/C27H31N3O3/c1-2-18-16-24(29-30-26(31)25(28)19-9-5-3-6-10-19)32-23-17-22-20(15-21(18)23)11-14-27(33-22)12-7-4-8-13-27/h3,5-6,9-10,15-17,25H,2,4,7-8,11-14,28H2,1H3,(H,30,31)/b29-24-/t25-/m0/s1. The van der Waals surface area contributed by atoms with Crippen LogP contribution in [0.15, 0.2) is 58.0 Å². The number of nitrogens with one attached hydrogen (secondary N) is 1. The zero-order valence-corrected chi connectivity index (χ0v) is 19.1. The number of rotatable bonds is 4. The number of nitrogens with two attached hydrogens (primary N) is 1. The molecule has 172 valence electrons. The van der Waals surface area contributed by atoms with Crippen molar-refractivity contribution in [3.05, 3.63) is 70.8 Å². The second-order valence-corrected chi connectivity index (χ2v) is 9.24. The smallest absolute Gasteiger partial charge is 0.261 e. The summed E-state index contributed by atoms with van der Waals surface area (Å²) >= 11 is 0. The molecule has 1 amide bonds. The molecule has 3 N–H and O–H groups in total. The zero-order chi connectivity index (χ0) is 22.8. The Bertz CT molecular complexity index is 1230. The molecule has 6 nitrogen and oxygen atoms in total. The van der Waals surface area contributed by atoms with Crippen molar-refractivity contribution in [1.82, 2.24) is 5.43 Å². The van der Waals surface area contributed by atoms with E-state index in [-0.39, 0.29) is 11.5 Å². The lowest BCUT2D eigenvalue weighted by molar-refractivity contribution is -0.122. The van der Waals surface area contributed by atoms with Gasteiger partial charge in [-0.3, -0.25) is 4.79 Å². The van der Waals surface area contributed by atoms with Crippen molar-refractivity contribution in [1.29, 1.82) is 0 Å². The molecule has 2 aromatic carbocycles. The van der Waals surface area contributed by atoms with Crippen LogP contribution in [0.2, 0.25) is 0 Å². The van der Waals surface area contributed by atoms with Crippen molar-refractivity contribution in [3.8, 4) is 5.75 Å². The van der Waals surface area contributed by atoms with Crippen LogP contribution in [0, 0.1) is 0 Å². The number of amides is 1. The van der Waals surface area contributed by atoms with E-state index in [0.717, 1.165) is 59.9 Å². The Morgan fingerprint density at radius 2 is 1.91 bits per heavy atom. The van der Waals surface area contributed by atoms with E-state index in [1.807, 2.05) is 42.5 Å². The summed E-state index contributed by atoms with van der Waals surface area (Å²) in [6.45, 7) is 2.11. The molecule has 3 aromatic rings. The molecule has 1 aliphatic heterocycles. The summed E-state index contributed by atoms with van der Waals surface area (Å²) in [6.07, 6.45) is 8.99. The average molecular weight is 446 g/mol. The van der Waals surface area contributed by atoms with Crippen LogP contribution in [-0.4, -0.2) is 11.5 Å². The third-order valence-electron chi connectivity index (χ3n) is 7.06. The van der Waals surface area contributed by atoms with Crippen molar-refractivity contribution in [2.24, 2.45) is 10.8 Å². The Balaban J connectivity index is 1.45. The summed E-state index contributed by atoms with van der Waals surface area (Å²) in [5.74, 6) is 0.538. The van der Waals surface area contributed by atoms with E-state index in [1.165, 1.54) is 24.8 Å². The Morgan fingerprint density at radius 3 is 2.67 bits per heavy atom. The van der Waals surface area contributed by atoms with Crippen LogP contribution in [0.25, 0.3) is 11.0 Å². The largest absolute Gasteiger partial charge is 0.487 e. The summed E-state index contributed by atoms with van der Waals surface area (Å²) in [7, 11) is 0. The quantitative estimate of drug-likeness (QED) is 0.572. The molecular weight excluding hydrogens is 414 g/mol. The lowest BCUT2D eigenvalue weighted by Crippen LogP contribution is -2.41. The van der Waals surface area contributed by atoms with Gasteiger partial charge < -0.3 is 14.9 Å². The van der Waals surface area contributed by atoms with Crippen LogP contribution in [0.5, 0.6) is 5.75 Å². The second-order valence-electron chi connectivity index (χ2n) is 9.24. The molecule has 2 heterocycles. The van der Waals surface area contributed by atoms with Gasteiger partial charge in [0.2, 0.25) is 5.55 Å². The minimum atomic E-state index is -0.798. The third kappa shape index (κ3) is 4.40. The van der Waals surface area contributed by atoms with E-state index >= 15 is 0 Å². The topological polar surface area (TPSA) is 89.9 Å². The van der Waals surface area contributed by atoms with Crippen LogP contribution >= 0.6 is 0 Å². The molecule has 1 spiro atoms. The molecule has 0 radical (unpaired) electrons. The molecule has 33 heavy (non-hydrogen) atoms. The highest BCUT2D eigenvalue weighted by Crippen LogP contribution is 2.43. The van der Waals surface area contributed by atoms with E-state index in [4.69, 9.17) is 14.9 Å². The first-order valence-corrected chi connectivity index (χ1v) is 12.0. The summed E-state index contributed by atoms with van der Waals surface area (Å²) in [6, 6.07) is 14.5. The van der Waals surface area contributed by atoms with Gasteiger partial charge >= 0.3 is 0 Å². The molecule has 6 heteroatoms. The number of fused-ring (bicyclic) bond motifs is 2. The maximum absolute atomic E-state index is 12.5. The number of carbonyl (C=O) groups excluding carboxylic acids is 1. The molecule has 0 saturated heterocycles. The van der Waals surface area contributed by atoms with Gasteiger partial charge in [-0.25, -0.2) is 5.43 Å². The lowest BCUT2D eigenvalue weighted by atomic mass is 9.79.